The summed E-state index contributed by atoms with van der Waals surface area (Å²) >= 11 is 5.93. The van der Waals surface area contributed by atoms with Crippen molar-refractivity contribution in [2.45, 2.75) is 26.3 Å². The molecule has 2 nitrogen and oxygen atoms in total. The molecule has 0 atom stereocenters. The molecule has 0 saturated heterocycles. The van der Waals surface area contributed by atoms with Crippen LogP contribution in [0.1, 0.15) is 24.7 Å². The van der Waals surface area contributed by atoms with E-state index in [1.54, 1.807) is 0 Å². The molecule has 0 spiro atoms. The van der Waals surface area contributed by atoms with Crippen molar-refractivity contribution in [1.82, 2.24) is 0 Å². The van der Waals surface area contributed by atoms with Gasteiger partial charge in [0.1, 0.15) is 11.6 Å². The van der Waals surface area contributed by atoms with Crippen LogP contribution in [0.3, 0.4) is 0 Å². The van der Waals surface area contributed by atoms with Crippen molar-refractivity contribution in [3.63, 3.8) is 0 Å². The average Bonchev–Trinajstić information content (AvgIpc) is 2.58. The highest BCUT2D eigenvalue weighted by Crippen LogP contribution is 2.32. The number of halogens is 2. The number of nitrogens with two attached hydrogens (primary N) is 1. The lowest BCUT2D eigenvalue weighted by atomic mass is 10.1. The minimum atomic E-state index is -0.348. The van der Waals surface area contributed by atoms with Gasteiger partial charge < -0.3 is 10.2 Å². The Morgan fingerprint density at radius 1 is 1.44 bits per heavy atom. The Bertz CT molecular complexity index is 521. The number of fused-ring (bicyclic) bond motifs is 1. The normalized spacial score (nSPS) is 11.2. The number of hydrogen-bond donors (Lipinski definition) is 1. The predicted octanol–water partition coefficient (Wildman–Crippen LogP) is 3.64. The van der Waals surface area contributed by atoms with E-state index in [2.05, 4.69) is 6.92 Å². The number of benzene rings is 1. The van der Waals surface area contributed by atoms with E-state index in [-0.39, 0.29) is 5.82 Å². The molecule has 0 amide bonds. The summed E-state index contributed by atoms with van der Waals surface area (Å²) in [5, 5.41) is 1.04. The fourth-order valence-electron chi connectivity index (χ4n) is 1.91. The Balaban J connectivity index is 2.73. The third-order valence-corrected chi connectivity index (χ3v) is 2.86. The minimum absolute atomic E-state index is 0.298. The first kappa shape index (κ1) is 11.4. The second kappa shape index (κ2) is 4.44. The quantitative estimate of drug-likeness (QED) is 0.891. The van der Waals surface area contributed by atoms with Gasteiger partial charge in [-0.3, -0.25) is 0 Å². The Labute approximate surface area is 98.2 Å². The lowest BCUT2D eigenvalue weighted by Crippen LogP contribution is -1.98. The van der Waals surface area contributed by atoms with Gasteiger partial charge in [0.25, 0.3) is 0 Å². The van der Waals surface area contributed by atoms with Gasteiger partial charge in [-0.15, -0.1) is 0 Å². The fraction of sp³-hybridized carbons (Fsp3) is 0.333. The van der Waals surface area contributed by atoms with Crippen molar-refractivity contribution in [2.24, 2.45) is 5.73 Å². The second-order valence-electron chi connectivity index (χ2n) is 3.72. The summed E-state index contributed by atoms with van der Waals surface area (Å²) in [5.74, 6) is 0.351. The highest BCUT2D eigenvalue weighted by Gasteiger charge is 2.15. The molecule has 2 aromatic rings. The summed E-state index contributed by atoms with van der Waals surface area (Å²) in [5.41, 5.74) is 7.11. The van der Waals surface area contributed by atoms with Gasteiger partial charge in [0, 0.05) is 10.9 Å². The number of aryl methyl sites for hydroxylation is 1. The second-order valence-corrected chi connectivity index (χ2v) is 4.13. The van der Waals surface area contributed by atoms with Crippen LogP contribution in [0.4, 0.5) is 4.39 Å². The monoisotopic (exact) mass is 241 g/mol. The van der Waals surface area contributed by atoms with Crippen LogP contribution < -0.4 is 5.73 Å². The maximum atomic E-state index is 13.3. The van der Waals surface area contributed by atoms with E-state index < -0.39 is 0 Å². The maximum Gasteiger partial charge on any atom is 0.153 e. The van der Waals surface area contributed by atoms with Gasteiger partial charge in [-0.25, -0.2) is 4.39 Å². The molecule has 0 radical (unpaired) electrons. The van der Waals surface area contributed by atoms with Crippen LogP contribution in [0.2, 0.25) is 5.02 Å². The minimum Gasteiger partial charge on any atom is -0.458 e. The lowest BCUT2D eigenvalue weighted by Gasteiger charge is -1.98. The van der Waals surface area contributed by atoms with E-state index in [4.69, 9.17) is 21.8 Å². The molecule has 0 aliphatic rings. The molecule has 0 unspecified atom stereocenters. The van der Waals surface area contributed by atoms with Crippen molar-refractivity contribution in [3.8, 4) is 0 Å². The van der Waals surface area contributed by atoms with Crippen molar-refractivity contribution >= 4 is 22.6 Å². The molecule has 0 saturated carbocycles. The summed E-state index contributed by atoms with van der Waals surface area (Å²) in [4.78, 5) is 0. The van der Waals surface area contributed by atoms with Crippen molar-refractivity contribution < 1.29 is 8.81 Å². The van der Waals surface area contributed by atoms with E-state index in [0.29, 0.717) is 22.9 Å². The zero-order valence-corrected chi connectivity index (χ0v) is 9.77. The Kier molecular flexibility index (Phi) is 3.17. The van der Waals surface area contributed by atoms with Gasteiger partial charge in [0.2, 0.25) is 0 Å². The highest BCUT2D eigenvalue weighted by molar-refractivity contribution is 6.34. The standard InChI is InChI=1S/C12H13ClFNO/c1-2-3-8-9-4-7(14)5-10(13)12(9)16-11(8)6-15/h4-5H,2-3,6,15H2,1H3. The fourth-order valence-corrected chi connectivity index (χ4v) is 2.16. The molecule has 0 aliphatic carbocycles. The van der Waals surface area contributed by atoms with Crippen LogP contribution in [0.5, 0.6) is 0 Å². The molecule has 0 bridgehead atoms. The van der Waals surface area contributed by atoms with Gasteiger partial charge in [0.15, 0.2) is 5.58 Å². The van der Waals surface area contributed by atoms with Gasteiger partial charge in [-0.05, 0) is 18.6 Å². The average molecular weight is 242 g/mol. The Morgan fingerprint density at radius 3 is 2.81 bits per heavy atom. The zero-order valence-electron chi connectivity index (χ0n) is 9.02. The van der Waals surface area contributed by atoms with E-state index in [1.165, 1.54) is 12.1 Å². The summed E-state index contributed by atoms with van der Waals surface area (Å²) in [6, 6.07) is 2.71. The third kappa shape index (κ3) is 1.81. The molecule has 1 aromatic carbocycles. The third-order valence-electron chi connectivity index (χ3n) is 2.58. The first-order chi connectivity index (χ1) is 7.67. The predicted molar refractivity (Wildman–Crippen MR) is 63.1 cm³/mol. The van der Waals surface area contributed by atoms with Crippen LogP contribution in [-0.2, 0) is 13.0 Å². The first-order valence-corrected chi connectivity index (χ1v) is 5.64. The topological polar surface area (TPSA) is 39.2 Å². The molecule has 0 aliphatic heterocycles. The van der Waals surface area contributed by atoms with E-state index in [1.807, 2.05) is 0 Å². The summed E-state index contributed by atoms with van der Waals surface area (Å²) < 4.78 is 18.8. The molecule has 1 heterocycles. The molecule has 2 N–H and O–H groups in total. The molecular weight excluding hydrogens is 229 g/mol. The Morgan fingerprint density at radius 2 is 2.19 bits per heavy atom. The van der Waals surface area contributed by atoms with E-state index >= 15 is 0 Å². The van der Waals surface area contributed by atoms with Crippen LogP contribution >= 0.6 is 11.6 Å². The van der Waals surface area contributed by atoms with Gasteiger partial charge in [-0.1, -0.05) is 24.9 Å². The smallest absolute Gasteiger partial charge is 0.153 e. The van der Waals surface area contributed by atoms with Crippen molar-refractivity contribution in [2.75, 3.05) is 0 Å². The molecule has 2 rings (SSSR count). The lowest BCUT2D eigenvalue weighted by molar-refractivity contribution is 0.544. The van der Waals surface area contributed by atoms with Crippen molar-refractivity contribution in [3.05, 3.63) is 34.3 Å². The molecular formula is C12H13ClFNO. The zero-order chi connectivity index (χ0) is 11.7. The molecule has 1 aromatic heterocycles. The summed E-state index contributed by atoms with van der Waals surface area (Å²) in [6.07, 6.45) is 1.77. The maximum absolute atomic E-state index is 13.3. The number of hydrogen-bond acceptors (Lipinski definition) is 2. The van der Waals surface area contributed by atoms with Crippen LogP contribution in [0, 0.1) is 5.82 Å². The van der Waals surface area contributed by atoms with Crippen LogP contribution in [0.15, 0.2) is 16.5 Å². The summed E-state index contributed by atoms with van der Waals surface area (Å²) in [7, 11) is 0. The number of rotatable bonds is 3. The largest absolute Gasteiger partial charge is 0.458 e. The van der Waals surface area contributed by atoms with E-state index in [9.17, 15) is 4.39 Å². The van der Waals surface area contributed by atoms with Crippen molar-refractivity contribution in [1.29, 1.82) is 0 Å². The van der Waals surface area contributed by atoms with Crippen LogP contribution in [0.25, 0.3) is 11.0 Å². The molecule has 86 valence electrons. The van der Waals surface area contributed by atoms with Gasteiger partial charge >= 0.3 is 0 Å². The first-order valence-electron chi connectivity index (χ1n) is 5.26. The van der Waals surface area contributed by atoms with Gasteiger partial charge in [0.05, 0.1) is 11.6 Å². The van der Waals surface area contributed by atoms with Gasteiger partial charge in [-0.2, -0.15) is 0 Å². The SMILES string of the molecule is CCCc1c(CN)oc2c(Cl)cc(F)cc12. The molecule has 4 heteroatoms. The van der Waals surface area contributed by atoms with Crippen LogP contribution in [-0.4, -0.2) is 0 Å². The van der Waals surface area contributed by atoms with E-state index in [0.717, 1.165) is 23.8 Å². The molecule has 0 fully saturated rings. The number of furan rings is 1. The summed E-state index contributed by atoms with van der Waals surface area (Å²) in [6.45, 7) is 2.36. The highest BCUT2D eigenvalue weighted by atomic mass is 35.5. The molecule has 16 heavy (non-hydrogen) atoms. The Hall–Kier alpha value is -1.06.